The van der Waals surface area contributed by atoms with Crippen molar-refractivity contribution in [2.75, 3.05) is 19.8 Å². The Kier molecular flexibility index (Phi) is 3.33. The molecule has 1 saturated heterocycles. The lowest BCUT2D eigenvalue weighted by molar-refractivity contribution is 0.0940. The van der Waals surface area contributed by atoms with E-state index in [0.717, 1.165) is 19.6 Å². The van der Waals surface area contributed by atoms with Crippen LogP contribution in [0, 0.1) is 5.92 Å². The Labute approximate surface area is 110 Å². The van der Waals surface area contributed by atoms with Crippen molar-refractivity contribution in [1.29, 1.82) is 0 Å². The average molecular weight is 261 g/mol. The molecule has 2 aromatic heterocycles. The molecule has 1 aliphatic heterocycles. The van der Waals surface area contributed by atoms with Gasteiger partial charge in [0.1, 0.15) is 5.69 Å². The minimum absolute atomic E-state index is 0.180. The highest BCUT2D eigenvalue weighted by Gasteiger charge is 2.18. The molecule has 1 atom stereocenters. The van der Waals surface area contributed by atoms with E-state index in [4.69, 9.17) is 9.15 Å². The number of amides is 1. The molecule has 0 radical (unpaired) electrons. The summed E-state index contributed by atoms with van der Waals surface area (Å²) in [6.07, 6.45) is 2.58. The molecule has 0 spiro atoms. The molecular formula is C13H15N3O3. The Morgan fingerprint density at radius 3 is 3.26 bits per heavy atom. The second-order valence-electron chi connectivity index (χ2n) is 4.58. The number of furan rings is 1. The highest BCUT2D eigenvalue weighted by molar-refractivity contribution is 5.93. The highest BCUT2D eigenvalue weighted by Crippen LogP contribution is 2.17. The van der Waals surface area contributed by atoms with Crippen molar-refractivity contribution >= 4 is 5.91 Å². The van der Waals surface area contributed by atoms with Crippen LogP contribution < -0.4 is 5.32 Å². The SMILES string of the molecule is O=C(NCC1CCOC1)c1cc(-c2ccco2)[nH]n1. The van der Waals surface area contributed by atoms with Crippen LogP contribution in [-0.4, -0.2) is 35.9 Å². The second-order valence-corrected chi connectivity index (χ2v) is 4.58. The quantitative estimate of drug-likeness (QED) is 0.872. The van der Waals surface area contributed by atoms with Crippen LogP contribution in [0.3, 0.4) is 0 Å². The molecule has 3 heterocycles. The van der Waals surface area contributed by atoms with E-state index >= 15 is 0 Å². The minimum Gasteiger partial charge on any atom is -0.463 e. The molecule has 6 nitrogen and oxygen atoms in total. The van der Waals surface area contributed by atoms with E-state index in [9.17, 15) is 4.79 Å². The number of ether oxygens (including phenoxy) is 1. The Hall–Kier alpha value is -2.08. The predicted octanol–water partition coefficient (Wildman–Crippen LogP) is 1.44. The van der Waals surface area contributed by atoms with Crippen LogP contribution >= 0.6 is 0 Å². The summed E-state index contributed by atoms with van der Waals surface area (Å²) in [5, 5.41) is 9.64. The molecule has 3 rings (SSSR count). The van der Waals surface area contributed by atoms with Crippen molar-refractivity contribution < 1.29 is 13.9 Å². The second kappa shape index (κ2) is 5.27. The van der Waals surface area contributed by atoms with Crippen LogP contribution in [0.4, 0.5) is 0 Å². The first kappa shape index (κ1) is 12.0. The van der Waals surface area contributed by atoms with Gasteiger partial charge < -0.3 is 14.5 Å². The molecule has 1 amide bonds. The van der Waals surface area contributed by atoms with Crippen molar-refractivity contribution in [3.05, 3.63) is 30.2 Å². The fourth-order valence-corrected chi connectivity index (χ4v) is 2.07. The van der Waals surface area contributed by atoms with Crippen molar-refractivity contribution in [2.24, 2.45) is 5.92 Å². The minimum atomic E-state index is -0.180. The molecule has 1 fully saturated rings. The lowest BCUT2D eigenvalue weighted by Crippen LogP contribution is -2.29. The number of hydrogen-bond acceptors (Lipinski definition) is 4. The zero-order chi connectivity index (χ0) is 13.1. The van der Waals surface area contributed by atoms with Gasteiger partial charge in [-0.1, -0.05) is 0 Å². The van der Waals surface area contributed by atoms with Gasteiger partial charge >= 0.3 is 0 Å². The molecule has 0 aliphatic carbocycles. The van der Waals surface area contributed by atoms with E-state index in [0.29, 0.717) is 29.6 Å². The Morgan fingerprint density at radius 1 is 1.58 bits per heavy atom. The molecule has 0 aromatic carbocycles. The Balaban J connectivity index is 1.60. The third-order valence-corrected chi connectivity index (χ3v) is 3.17. The summed E-state index contributed by atoms with van der Waals surface area (Å²) in [6.45, 7) is 2.13. The van der Waals surface area contributed by atoms with E-state index in [1.165, 1.54) is 0 Å². The number of carbonyl (C=O) groups excluding carboxylic acids is 1. The summed E-state index contributed by atoms with van der Waals surface area (Å²) in [5.41, 5.74) is 1.06. The van der Waals surface area contributed by atoms with Gasteiger partial charge in [0.15, 0.2) is 11.5 Å². The molecule has 2 N–H and O–H groups in total. The lowest BCUT2D eigenvalue weighted by atomic mass is 10.1. The van der Waals surface area contributed by atoms with E-state index in [1.54, 1.807) is 18.4 Å². The van der Waals surface area contributed by atoms with Crippen LogP contribution in [0.25, 0.3) is 11.5 Å². The number of carbonyl (C=O) groups is 1. The van der Waals surface area contributed by atoms with Gasteiger partial charge in [0.25, 0.3) is 5.91 Å². The highest BCUT2D eigenvalue weighted by atomic mass is 16.5. The summed E-state index contributed by atoms with van der Waals surface area (Å²) in [5.74, 6) is 0.893. The maximum atomic E-state index is 11.9. The predicted molar refractivity (Wildman–Crippen MR) is 67.5 cm³/mol. The number of aromatic nitrogens is 2. The van der Waals surface area contributed by atoms with E-state index in [-0.39, 0.29) is 5.91 Å². The molecule has 100 valence electrons. The largest absolute Gasteiger partial charge is 0.463 e. The Bertz CT molecular complexity index is 541. The normalized spacial score (nSPS) is 18.6. The first-order valence-corrected chi connectivity index (χ1v) is 6.28. The fourth-order valence-electron chi connectivity index (χ4n) is 2.07. The van der Waals surface area contributed by atoms with Gasteiger partial charge in [-0.15, -0.1) is 0 Å². The maximum absolute atomic E-state index is 11.9. The third kappa shape index (κ3) is 2.68. The van der Waals surface area contributed by atoms with Crippen molar-refractivity contribution in [2.45, 2.75) is 6.42 Å². The number of H-pyrrole nitrogens is 1. The summed E-state index contributed by atoms with van der Waals surface area (Å²) in [7, 11) is 0. The van der Waals surface area contributed by atoms with Gasteiger partial charge in [-0.05, 0) is 18.6 Å². The number of rotatable bonds is 4. The van der Waals surface area contributed by atoms with E-state index in [2.05, 4.69) is 15.5 Å². The summed E-state index contributed by atoms with van der Waals surface area (Å²) < 4.78 is 10.5. The summed E-state index contributed by atoms with van der Waals surface area (Å²) in [4.78, 5) is 11.9. The van der Waals surface area contributed by atoms with Crippen LogP contribution in [0.2, 0.25) is 0 Å². The van der Waals surface area contributed by atoms with Gasteiger partial charge in [0.05, 0.1) is 12.9 Å². The van der Waals surface area contributed by atoms with Gasteiger partial charge in [-0.25, -0.2) is 0 Å². The van der Waals surface area contributed by atoms with Crippen molar-refractivity contribution in [3.63, 3.8) is 0 Å². The smallest absolute Gasteiger partial charge is 0.271 e. The number of aromatic amines is 1. The monoisotopic (exact) mass is 261 g/mol. The average Bonchev–Trinajstić information content (AvgIpc) is 3.14. The van der Waals surface area contributed by atoms with Crippen LogP contribution in [0.1, 0.15) is 16.9 Å². The number of nitrogens with one attached hydrogen (secondary N) is 2. The molecule has 19 heavy (non-hydrogen) atoms. The van der Waals surface area contributed by atoms with E-state index in [1.807, 2.05) is 6.07 Å². The summed E-state index contributed by atoms with van der Waals surface area (Å²) >= 11 is 0. The topological polar surface area (TPSA) is 80.1 Å². The zero-order valence-corrected chi connectivity index (χ0v) is 10.4. The number of nitrogens with zero attached hydrogens (tertiary/aromatic N) is 1. The van der Waals surface area contributed by atoms with E-state index < -0.39 is 0 Å². The maximum Gasteiger partial charge on any atom is 0.271 e. The van der Waals surface area contributed by atoms with Gasteiger partial charge in [-0.3, -0.25) is 9.89 Å². The zero-order valence-electron chi connectivity index (χ0n) is 10.4. The molecule has 1 aliphatic rings. The van der Waals surface area contributed by atoms with Crippen molar-refractivity contribution in [3.8, 4) is 11.5 Å². The number of hydrogen-bond donors (Lipinski definition) is 2. The standard InChI is InChI=1S/C13H15N3O3/c17-13(14-7-9-3-5-18-8-9)11-6-10(15-16-11)12-2-1-4-19-12/h1-2,4,6,9H,3,5,7-8H2,(H,14,17)(H,15,16). The van der Waals surface area contributed by atoms with Gasteiger partial charge in [0.2, 0.25) is 0 Å². The Morgan fingerprint density at radius 2 is 2.53 bits per heavy atom. The van der Waals surface area contributed by atoms with Gasteiger partial charge in [-0.2, -0.15) is 5.10 Å². The first-order valence-electron chi connectivity index (χ1n) is 6.28. The fraction of sp³-hybridized carbons (Fsp3) is 0.385. The molecular weight excluding hydrogens is 246 g/mol. The van der Waals surface area contributed by atoms with Crippen molar-refractivity contribution in [1.82, 2.24) is 15.5 Å². The molecule has 0 saturated carbocycles. The molecule has 0 bridgehead atoms. The van der Waals surface area contributed by atoms with Crippen LogP contribution in [-0.2, 0) is 4.74 Å². The molecule has 6 heteroatoms. The van der Waals surface area contributed by atoms with Crippen LogP contribution in [0.15, 0.2) is 28.9 Å². The first-order chi connectivity index (χ1) is 9.33. The van der Waals surface area contributed by atoms with Gasteiger partial charge in [0, 0.05) is 25.1 Å². The third-order valence-electron chi connectivity index (χ3n) is 3.17. The lowest BCUT2D eigenvalue weighted by Gasteiger charge is -2.07. The molecule has 1 unspecified atom stereocenters. The molecule has 2 aromatic rings. The van der Waals surface area contributed by atoms with Crippen LogP contribution in [0.5, 0.6) is 0 Å². The summed E-state index contributed by atoms with van der Waals surface area (Å²) in [6, 6.07) is 5.28.